The van der Waals surface area contributed by atoms with Gasteiger partial charge >= 0.3 is 6.61 Å². The van der Waals surface area contributed by atoms with E-state index in [2.05, 4.69) is 20.4 Å². The molecule has 0 bridgehead atoms. The maximum atomic E-state index is 14.0. The van der Waals surface area contributed by atoms with Gasteiger partial charge < -0.3 is 24.8 Å². The number of hydrogen-bond acceptors (Lipinski definition) is 4. The van der Waals surface area contributed by atoms with E-state index in [1.165, 1.54) is 18.2 Å². The molecule has 0 aromatic heterocycles. The van der Waals surface area contributed by atoms with Gasteiger partial charge in [-0.25, -0.2) is 4.39 Å². The second-order valence-electron chi connectivity index (χ2n) is 5.89. The molecule has 1 aromatic rings. The van der Waals surface area contributed by atoms with Crippen LogP contribution >= 0.6 is 0 Å². The molecule has 146 valence electrons. The number of ether oxygens (including phenoxy) is 3. The van der Waals surface area contributed by atoms with Crippen LogP contribution in [0.1, 0.15) is 18.9 Å². The SMILES string of the molecule is CN=C(NCc1c(F)cccc1OC(F)F)NC(C)COC1CCOC1. The van der Waals surface area contributed by atoms with E-state index in [0.717, 1.165) is 6.42 Å². The summed E-state index contributed by atoms with van der Waals surface area (Å²) in [5.41, 5.74) is 0.00255. The van der Waals surface area contributed by atoms with Crippen molar-refractivity contribution in [2.24, 2.45) is 4.99 Å². The van der Waals surface area contributed by atoms with Gasteiger partial charge in [0.25, 0.3) is 0 Å². The van der Waals surface area contributed by atoms with Crippen LogP contribution < -0.4 is 15.4 Å². The Labute approximate surface area is 150 Å². The van der Waals surface area contributed by atoms with Crippen molar-refractivity contribution >= 4 is 5.96 Å². The molecule has 0 radical (unpaired) electrons. The maximum absolute atomic E-state index is 14.0. The molecule has 6 nitrogen and oxygen atoms in total. The predicted molar refractivity (Wildman–Crippen MR) is 91.0 cm³/mol. The molecule has 1 fully saturated rings. The quantitative estimate of drug-likeness (QED) is 0.539. The van der Waals surface area contributed by atoms with Crippen LogP contribution in [-0.2, 0) is 16.0 Å². The van der Waals surface area contributed by atoms with E-state index in [4.69, 9.17) is 9.47 Å². The number of guanidine groups is 1. The first kappa shape index (κ1) is 20.3. The minimum atomic E-state index is -3.02. The van der Waals surface area contributed by atoms with Crippen molar-refractivity contribution in [2.45, 2.75) is 38.6 Å². The zero-order valence-corrected chi connectivity index (χ0v) is 14.8. The highest BCUT2D eigenvalue weighted by Gasteiger charge is 2.18. The van der Waals surface area contributed by atoms with Crippen LogP contribution in [0.5, 0.6) is 5.75 Å². The van der Waals surface area contributed by atoms with Crippen LogP contribution in [0.3, 0.4) is 0 Å². The highest BCUT2D eigenvalue weighted by Crippen LogP contribution is 2.23. The molecule has 2 rings (SSSR count). The van der Waals surface area contributed by atoms with Gasteiger partial charge in [0, 0.05) is 31.8 Å². The summed E-state index contributed by atoms with van der Waals surface area (Å²) in [6.45, 7) is 0.593. The van der Waals surface area contributed by atoms with Gasteiger partial charge in [-0.05, 0) is 25.5 Å². The fourth-order valence-electron chi connectivity index (χ4n) is 2.48. The van der Waals surface area contributed by atoms with E-state index in [9.17, 15) is 13.2 Å². The van der Waals surface area contributed by atoms with Crippen LogP contribution in [0.15, 0.2) is 23.2 Å². The fraction of sp³-hybridized carbons (Fsp3) is 0.588. The Hall–Kier alpha value is -2.00. The van der Waals surface area contributed by atoms with Gasteiger partial charge in [0.2, 0.25) is 0 Å². The molecule has 0 saturated carbocycles. The minimum absolute atomic E-state index is 0.00255. The summed E-state index contributed by atoms with van der Waals surface area (Å²) in [4.78, 5) is 4.05. The third-order valence-electron chi connectivity index (χ3n) is 3.80. The molecule has 1 aromatic carbocycles. The average molecular weight is 375 g/mol. The normalized spacial score (nSPS) is 18.8. The molecule has 1 aliphatic rings. The number of rotatable bonds is 8. The van der Waals surface area contributed by atoms with Crippen LogP contribution in [-0.4, -0.2) is 51.6 Å². The second kappa shape index (κ2) is 10.2. The molecule has 1 saturated heterocycles. The van der Waals surface area contributed by atoms with Crippen LogP contribution in [0.25, 0.3) is 0 Å². The van der Waals surface area contributed by atoms with Gasteiger partial charge in [0.1, 0.15) is 11.6 Å². The summed E-state index contributed by atoms with van der Waals surface area (Å²) < 4.78 is 54.2. The molecule has 1 aliphatic heterocycles. The zero-order chi connectivity index (χ0) is 18.9. The number of nitrogens with zero attached hydrogens (tertiary/aromatic N) is 1. The standard InChI is InChI=1S/C17H24F3N3O3/c1-11(9-25-12-6-7-24-10-12)23-17(21-2)22-8-13-14(18)4-3-5-15(13)26-16(19)20/h3-5,11-12,16H,6-10H2,1-2H3,(H2,21,22,23). The number of halogens is 3. The molecular weight excluding hydrogens is 351 g/mol. The Balaban J connectivity index is 1.86. The Kier molecular flexibility index (Phi) is 7.99. The molecule has 0 spiro atoms. The van der Waals surface area contributed by atoms with Gasteiger partial charge in [0.05, 0.1) is 19.3 Å². The van der Waals surface area contributed by atoms with Crippen LogP contribution in [0.2, 0.25) is 0 Å². The topological polar surface area (TPSA) is 64.1 Å². The van der Waals surface area contributed by atoms with Gasteiger partial charge in [-0.15, -0.1) is 0 Å². The maximum Gasteiger partial charge on any atom is 0.387 e. The highest BCUT2D eigenvalue weighted by molar-refractivity contribution is 5.80. The second-order valence-corrected chi connectivity index (χ2v) is 5.89. The predicted octanol–water partition coefficient (Wildman–Crippen LogP) is 2.29. The molecule has 9 heteroatoms. The van der Waals surface area contributed by atoms with E-state index < -0.39 is 12.4 Å². The molecule has 0 aliphatic carbocycles. The van der Waals surface area contributed by atoms with Crippen molar-refractivity contribution in [3.63, 3.8) is 0 Å². The molecule has 26 heavy (non-hydrogen) atoms. The first-order valence-electron chi connectivity index (χ1n) is 8.38. The molecule has 1 heterocycles. The van der Waals surface area contributed by atoms with E-state index in [1.54, 1.807) is 7.05 Å². The van der Waals surface area contributed by atoms with Crippen molar-refractivity contribution in [3.8, 4) is 5.75 Å². The Morgan fingerprint density at radius 2 is 2.23 bits per heavy atom. The summed E-state index contributed by atoms with van der Waals surface area (Å²) in [6, 6.07) is 3.74. The van der Waals surface area contributed by atoms with E-state index in [0.29, 0.717) is 25.8 Å². The number of alkyl halides is 2. The smallest absolute Gasteiger partial charge is 0.387 e. The van der Waals surface area contributed by atoms with E-state index in [1.807, 2.05) is 6.92 Å². The number of benzene rings is 1. The monoisotopic (exact) mass is 375 g/mol. The summed E-state index contributed by atoms with van der Waals surface area (Å²) in [5, 5.41) is 5.99. The lowest BCUT2D eigenvalue weighted by Gasteiger charge is -2.20. The first-order valence-corrected chi connectivity index (χ1v) is 8.38. The lowest BCUT2D eigenvalue weighted by Crippen LogP contribution is -2.44. The number of aliphatic imine (C=N–C) groups is 1. The van der Waals surface area contributed by atoms with E-state index in [-0.39, 0.29) is 30.0 Å². The van der Waals surface area contributed by atoms with Crippen molar-refractivity contribution in [2.75, 3.05) is 26.9 Å². The van der Waals surface area contributed by atoms with Crippen molar-refractivity contribution in [1.29, 1.82) is 0 Å². The summed E-state index contributed by atoms with van der Waals surface area (Å²) in [7, 11) is 1.56. The Morgan fingerprint density at radius 1 is 1.42 bits per heavy atom. The third-order valence-corrected chi connectivity index (χ3v) is 3.80. The lowest BCUT2D eigenvalue weighted by atomic mass is 10.2. The molecule has 2 atom stereocenters. The van der Waals surface area contributed by atoms with Crippen molar-refractivity contribution in [1.82, 2.24) is 10.6 Å². The summed E-state index contributed by atoms with van der Waals surface area (Å²) >= 11 is 0. The summed E-state index contributed by atoms with van der Waals surface area (Å²) in [6.07, 6.45) is 0.974. The minimum Gasteiger partial charge on any atom is -0.434 e. The lowest BCUT2D eigenvalue weighted by molar-refractivity contribution is -0.0506. The van der Waals surface area contributed by atoms with E-state index >= 15 is 0 Å². The molecule has 2 unspecified atom stereocenters. The van der Waals surface area contributed by atoms with Gasteiger partial charge in [-0.1, -0.05) is 6.07 Å². The molecular formula is C17H24F3N3O3. The average Bonchev–Trinajstić information content (AvgIpc) is 3.11. The first-order chi connectivity index (χ1) is 12.5. The van der Waals surface area contributed by atoms with Gasteiger partial charge in [0.15, 0.2) is 5.96 Å². The highest BCUT2D eigenvalue weighted by atomic mass is 19.3. The van der Waals surface area contributed by atoms with Crippen LogP contribution in [0, 0.1) is 5.82 Å². The molecule has 2 N–H and O–H groups in total. The van der Waals surface area contributed by atoms with Crippen molar-refractivity contribution in [3.05, 3.63) is 29.6 Å². The fourth-order valence-corrected chi connectivity index (χ4v) is 2.48. The van der Waals surface area contributed by atoms with Gasteiger partial charge in [-0.3, -0.25) is 4.99 Å². The van der Waals surface area contributed by atoms with Crippen LogP contribution in [0.4, 0.5) is 13.2 Å². The van der Waals surface area contributed by atoms with Gasteiger partial charge in [-0.2, -0.15) is 8.78 Å². The number of hydrogen-bond donors (Lipinski definition) is 2. The third kappa shape index (κ3) is 6.38. The largest absolute Gasteiger partial charge is 0.434 e. The zero-order valence-electron chi connectivity index (χ0n) is 14.8. The Morgan fingerprint density at radius 3 is 2.88 bits per heavy atom. The molecule has 0 amide bonds. The summed E-state index contributed by atoms with van der Waals surface area (Å²) in [5.74, 6) is -0.445. The Bertz CT molecular complexity index is 596. The number of nitrogens with one attached hydrogen (secondary N) is 2. The van der Waals surface area contributed by atoms with Crippen molar-refractivity contribution < 1.29 is 27.4 Å².